The number of carbonyl (C=O) groups excluding carboxylic acids is 2. The molecule has 7 heteroatoms. The molecule has 1 unspecified atom stereocenters. The molecule has 2 aromatic rings. The van der Waals surface area contributed by atoms with Gasteiger partial charge < -0.3 is 15.0 Å². The summed E-state index contributed by atoms with van der Waals surface area (Å²) >= 11 is 0. The maximum Gasteiger partial charge on any atom is 0.261 e. The summed E-state index contributed by atoms with van der Waals surface area (Å²) in [5.74, 6) is -1.92. The minimum absolute atomic E-state index is 0.0546. The van der Waals surface area contributed by atoms with Gasteiger partial charge in [-0.1, -0.05) is 49.6 Å². The van der Waals surface area contributed by atoms with Gasteiger partial charge in [0.05, 0.1) is 0 Å². The highest BCUT2D eigenvalue weighted by Gasteiger charge is 2.29. The van der Waals surface area contributed by atoms with Crippen LogP contribution in [0.4, 0.5) is 8.78 Å². The van der Waals surface area contributed by atoms with E-state index in [9.17, 15) is 18.4 Å². The highest BCUT2D eigenvalue weighted by atomic mass is 19.1. The van der Waals surface area contributed by atoms with E-state index in [0.717, 1.165) is 32.1 Å². The highest BCUT2D eigenvalue weighted by molar-refractivity contribution is 5.88. The Morgan fingerprint density at radius 1 is 1.03 bits per heavy atom. The summed E-state index contributed by atoms with van der Waals surface area (Å²) in [6, 6.07) is 11.1. The van der Waals surface area contributed by atoms with E-state index in [1.807, 2.05) is 0 Å². The Balaban J connectivity index is 1.72. The van der Waals surface area contributed by atoms with Crippen LogP contribution in [-0.2, 0) is 16.1 Å². The second kappa shape index (κ2) is 10.9. The zero-order valence-electron chi connectivity index (χ0n) is 17.7. The van der Waals surface area contributed by atoms with Crippen molar-refractivity contribution in [1.82, 2.24) is 10.2 Å². The van der Waals surface area contributed by atoms with Gasteiger partial charge >= 0.3 is 0 Å². The first-order chi connectivity index (χ1) is 15.0. The fourth-order valence-electron chi connectivity index (χ4n) is 3.75. The summed E-state index contributed by atoms with van der Waals surface area (Å²) < 4.78 is 33.4. The Bertz CT molecular complexity index is 900. The van der Waals surface area contributed by atoms with E-state index in [1.54, 1.807) is 31.2 Å². The molecule has 1 fully saturated rings. The molecule has 5 nitrogen and oxygen atoms in total. The number of benzene rings is 2. The van der Waals surface area contributed by atoms with Crippen molar-refractivity contribution in [2.75, 3.05) is 6.61 Å². The Kier molecular flexibility index (Phi) is 7.98. The van der Waals surface area contributed by atoms with Crippen molar-refractivity contribution in [2.45, 2.75) is 57.7 Å². The summed E-state index contributed by atoms with van der Waals surface area (Å²) in [4.78, 5) is 27.1. The van der Waals surface area contributed by atoms with E-state index in [1.165, 1.54) is 29.2 Å². The Labute approximate surface area is 181 Å². The maximum atomic E-state index is 14.2. The highest BCUT2D eigenvalue weighted by Crippen LogP contribution is 2.19. The number of nitrogens with zero attached hydrogens (tertiary/aromatic N) is 1. The van der Waals surface area contributed by atoms with Gasteiger partial charge in [0.2, 0.25) is 5.91 Å². The molecule has 0 bridgehead atoms. The van der Waals surface area contributed by atoms with Gasteiger partial charge in [-0.25, -0.2) is 8.78 Å². The lowest BCUT2D eigenvalue weighted by atomic mass is 9.95. The number of halogens is 2. The normalized spacial score (nSPS) is 15.2. The molecular formula is C24H28F2N2O3. The van der Waals surface area contributed by atoms with Crippen molar-refractivity contribution >= 4 is 11.8 Å². The van der Waals surface area contributed by atoms with Gasteiger partial charge in [0.1, 0.15) is 11.9 Å². The third-order valence-electron chi connectivity index (χ3n) is 5.61. The molecular weight excluding hydrogens is 402 g/mol. The van der Waals surface area contributed by atoms with Crippen LogP contribution in [0.25, 0.3) is 0 Å². The number of para-hydroxylation sites is 1. The van der Waals surface area contributed by atoms with Gasteiger partial charge in [-0.15, -0.1) is 0 Å². The predicted molar refractivity (Wildman–Crippen MR) is 113 cm³/mol. The molecule has 0 radical (unpaired) electrons. The van der Waals surface area contributed by atoms with Crippen LogP contribution in [-0.4, -0.2) is 35.4 Å². The summed E-state index contributed by atoms with van der Waals surface area (Å²) in [7, 11) is 0. The number of rotatable bonds is 8. The van der Waals surface area contributed by atoms with E-state index in [4.69, 9.17) is 4.74 Å². The number of ether oxygens (including phenoxy) is 1. The fraction of sp³-hybridized carbons (Fsp3) is 0.417. The third kappa shape index (κ3) is 6.26. The first kappa shape index (κ1) is 22.7. The number of hydrogen-bond acceptors (Lipinski definition) is 3. The van der Waals surface area contributed by atoms with E-state index in [-0.39, 0.29) is 24.2 Å². The smallest absolute Gasteiger partial charge is 0.261 e. The average Bonchev–Trinajstić information content (AvgIpc) is 2.78. The van der Waals surface area contributed by atoms with Crippen molar-refractivity contribution < 1.29 is 23.1 Å². The van der Waals surface area contributed by atoms with Crippen LogP contribution in [0.3, 0.4) is 0 Å². The lowest BCUT2D eigenvalue weighted by Crippen LogP contribution is -2.51. The van der Waals surface area contributed by atoms with Gasteiger partial charge in [0, 0.05) is 18.2 Å². The molecule has 1 saturated carbocycles. The van der Waals surface area contributed by atoms with Crippen molar-refractivity contribution in [3.05, 3.63) is 65.7 Å². The summed E-state index contributed by atoms with van der Waals surface area (Å²) in [6.07, 6.45) is 5.11. The average molecular weight is 430 g/mol. The van der Waals surface area contributed by atoms with Crippen molar-refractivity contribution in [3.8, 4) is 5.75 Å². The third-order valence-corrected chi connectivity index (χ3v) is 5.61. The first-order valence-corrected chi connectivity index (χ1v) is 10.7. The molecule has 1 aliphatic rings. The van der Waals surface area contributed by atoms with Crippen molar-refractivity contribution in [1.29, 1.82) is 0 Å². The molecule has 166 valence electrons. The Hall–Kier alpha value is -2.96. The zero-order valence-corrected chi connectivity index (χ0v) is 17.7. The second-order valence-electron chi connectivity index (χ2n) is 7.85. The molecule has 31 heavy (non-hydrogen) atoms. The standard InChI is InChI=1S/C24H28F2N2O3/c1-17(24(30)27-19-10-3-2-4-11-19)28(15-18-9-5-6-12-20(18)25)23(29)16-31-22-14-8-7-13-21(22)26/h5-9,12-14,17,19H,2-4,10-11,15-16H2,1H3,(H,27,30). The molecule has 0 aromatic heterocycles. The Morgan fingerprint density at radius 2 is 1.68 bits per heavy atom. The topological polar surface area (TPSA) is 58.6 Å². The molecule has 3 rings (SSSR count). The molecule has 0 aliphatic heterocycles. The number of amides is 2. The SMILES string of the molecule is CC(C(=O)NC1CCCCC1)N(Cc1ccccc1F)C(=O)COc1ccccc1F. The summed E-state index contributed by atoms with van der Waals surface area (Å²) in [6.45, 7) is 1.06. The Morgan fingerprint density at radius 3 is 2.35 bits per heavy atom. The second-order valence-corrected chi connectivity index (χ2v) is 7.85. The number of carbonyl (C=O) groups is 2. The molecule has 1 aliphatic carbocycles. The van der Waals surface area contributed by atoms with E-state index >= 15 is 0 Å². The molecule has 0 spiro atoms. The number of hydrogen-bond donors (Lipinski definition) is 1. The van der Waals surface area contributed by atoms with Gasteiger partial charge in [0.25, 0.3) is 5.91 Å². The predicted octanol–water partition coefficient (Wildman–Crippen LogP) is 4.21. The quantitative estimate of drug-likeness (QED) is 0.683. The summed E-state index contributed by atoms with van der Waals surface area (Å²) in [5.41, 5.74) is 0.291. The van der Waals surface area contributed by atoms with Gasteiger partial charge in [-0.2, -0.15) is 0 Å². The van der Waals surface area contributed by atoms with Crippen LogP contribution in [0, 0.1) is 11.6 Å². The minimum atomic E-state index is -0.835. The van der Waals surface area contributed by atoms with Crippen LogP contribution >= 0.6 is 0 Å². The van der Waals surface area contributed by atoms with E-state index in [0.29, 0.717) is 5.56 Å². The fourth-order valence-corrected chi connectivity index (χ4v) is 3.75. The van der Waals surface area contributed by atoms with Crippen LogP contribution in [0.15, 0.2) is 48.5 Å². The maximum absolute atomic E-state index is 14.2. The van der Waals surface area contributed by atoms with Crippen LogP contribution in [0.2, 0.25) is 0 Å². The molecule has 2 amide bonds. The van der Waals surface area contributed by atoms with Gasteiger partial charge in [0.15, 0.2) is 18.2 Å². The van der Waals surface area contributed by atoms with Gasteiger partial charge in [-0.3, -0.25) is 9.59 Å². The van der Waals surface area contributed by atoms with Crippen LogP contribution in [0.5, 0.6) is 5.75 Å². The first-order valence-electron chi connectivity index (χ1n) is 10.7. The zero-order chi connectivity index (χ0) is 22.2. The minimum Gasteiger partial charge on any atom is -0.481 e. The van der Waals surface area contributed by atoms with E-state index < -0.39 is 30.2 Å². The summed E-state index contributed by atoms with van der Waals surface area (Å²) in [5, 5.41) is 3.01. The molecule has 2 aromatic carbocycles. The molecule has 0 saturated heterocycles. The molecule has 0 heterocycles. The van der Waals surface area contributed by atoms with Crippen molar-refractivity contribution in [2.24, 2.45) is 0 Å². The van der Waals surface area contributed by atoms with Gasteiger partial charge in [-0.05, 0) is 38.0 Å². The van der Waals surface area contributed by atoms with E-state index in [2.05, 4.69) is 5.32 Å². The number of nitrogens with one attached hydrogen (secondary N) is 1. The lowest BCUT2D eigenvalue weighted by molar-refractivity contribution is -0.142. The van der Waals surface area contributed by atoms with Crippen LogP contribution in [0.1, 0.15) is 44.6 Å². The van der Waals surface area contributed by atoms with Crippen molar-refractivity contribution in [3.63, 3.8) is 0 Å². The van der Waals surface area contributed by atoms with Crippen LogP contribution < -0.4 is 10.1 Å². The largest absolute Gasteiger partial charge is 0.481 e. The molecule has 1 atom stereocenters. The molecule has 1 N–H and O–H groups in total. The lowest BCUT2D eigenvalue weighted by Gasteiger charge is -2.31. The monoisotopic (exact) mass is 430 g/mol.